The van der Waals surface area contributed by atoms with Gasteiger partial charge in [-0.05, 0) is 37.8 Å². The lowest BCUT2D eigenvalue weighted by atomic mass is 9.85. The Morgan fingerprint density at radius 3 is 2.44 bits per heavy atom. The van der Waals surface area contributed by atoms with E-state index in [4.69, 9.17) is 4.74 Å². The Morgan fingerprint density at radius 1 is 1.13 bits per heavy atom. The lowest BCUT2D eigenvalue weighted by molar-refractivity contribution is -0.182. The minimum Gasteiger partial charge on any atom is -0.471 e. The van der Waals surface area contributed by atoms with Crippen LogP contribution in [0.1, 0.15) is 41.6 Å². The number of carbonyl (C=O) groups is 1. The van der Waals surface area contributed by atoms with Gasteiger partial charge in [0.25, 0.3) is 12.3 Å². The third-order valence-corrected chi connectivity index (χ3v) is 6.30. The van der Waals surface area contributed by atoms with Gasteiger partial charge in [0.2, 0.25) is 11.8 Å². The first-order valence-corrected chi connectivity index (χ1v) is 11.7. The van der Waals surface area contributed by atoms with Crippen molar-refractivity contribution in [1.82, 2.24) is 24.8 Å². The minimum atomic E-state index is -4.70. The first-order valence-electron chi connectivity index (χ1n) is 11.7. The van der Waals surface area contributed by atoms with Crippen molar-refractivity contribution in [2.24, 2.45) is 13.0 Å². The van der Waals surface area contributed by atoms with Gasteiger partial charge < -0.3 is 15.4 Å². The zero-order valence-electron chi connectivity index (χ0n) is 20.2. The van der Waals surface area contributed by atoms with Crippen molar-refractivity contribution in [1.29, 1.82) is 0 Å². The summed E-state index contributed by atoms with van der Waals surface area (Å²) in [5, 5.41) is 5.10. The number of aryl methyl sites for hydroxylation is 1. The van der Waals surface area contributed by atoms with Gasteiger partial charge in [0.05, 0.1) is 23.4 Å². The molecule has 0 saturated heterocycles. The average Bonchev–Trinajstić information content (AvgIpc) is 3.15. The number of carbonyl (C=O) groups excluding carboxylic acids is 1. The molecule has 0 bridgehead atoms. The number of halogens is 8. The SMILES string of the molecule is Cn1c(Nc2cnccc2C(F)(F)F)nc2cc(C(=O)N[C@H]3CC[C@H](C(F)(F)F)CC3)c(OCC(F)F)nc21. The van der Waals surface area contributed by atoms with Gasteiger partial charge in [-0.3, -0.25) is 14.3 Å². The zero-order chi connectivity index (χ0) is 28.5. The van der Waals surface area contributed by atoms with E-state index in [9.17, 15) is 39.9 Å². The molecular weight excluding hydrogens is 544 g/mol. The van der Waals surface area contributed by atoms with E-state index in [1.54, 1.807) is 0 Å². The van der Waals surface area contributed by atoms with E-state index in [2.05, 4.69) is 25.6 Å². The molecule has 2 N–H and O–H groups in total. The van der Waals surface area contributed by atoms with Crippen LogP contribution in [0.4, 0.5) is 46.8 Å². The molecule has 0 spiro atoms. The second-order valence-electron chi connectivity index (χ2n) is 8.99. The zero-order valence-corrected chi connectivity index (χ0v) is 20.2. The Hall–Kier alpha value is -3.72. The second-order valence-corrected chi connectivity index (χ2v) is 8.99. The third-order valence-electron chi connectivity index (χ3n) is 6.30. The molecule has 1 saturated carbocycles. The van der Waals surface area contributed by atoms with Crippen LogP contribution in [-0.2, 0) is 13.2 Å². The summed E-state index contributed by atoms with van der Waals surface area (Å²) in [6.45, 7) is -1.11. The molecule has 1 fully saturated rings. The maximum absolute atomic E-state index is 13.4. The van der Waals surface area contributed by atoms with Gasteiger partial charge in [-0.15, -0.1) is 0 Å². The highest BCUT2D eigenvalue weighted by Gasteiger charge is 2.41. The van der Waals surface area contributed by atoms with Gasteiger partial charge in [-0.2, -0.15) is 31.3 Å². The number of amides is 1. The highest BCUT2D eigenvalue weighted by Crippen LogP contribution is 2.38. The van der Waals surface area contributed by atoms with Crippen molar-refractivity contribution < 1.29 is 44.7 Å². The number of aromatic nitrogens is 4. The fourth-order valence-electron chi connectivity index (χ4n) is 4.31. The van der Waals surface area contributed by atoms with Crippen LogP contribution in [0.25, 0.3) is 11.2 Å². The molecule has 4 rings (SSSR count). The van der Waals surface area contributed by atoms with E-state index >= 15 is 0 Å². The summed E-state index contributed by atoms with van der Waals surface area (Å²) in [5.41, 5.74) is -1.71. The quantitative estimate of drug-likeness (QED) is 0.361. The predicted molar refractivity (Wildman–Crippen MR) is 122 cm³/mol. The highest BCUT2D eigenvalue weighted by atomic mass is 19.4. The Labute approximate surface area is 215 Å². The number of fused-ring (bicyclic) bond motifs is 1. The smallest absolute Gasteiger partial charge is 0.418 e. The van der Waals surface area contributed by atoms with Crippen LogP contribution in [0.2, 0.25) is 0 Å². The molecule has 0 aromatic carbocycles. The van der Waals surface area contributed by atoms with Crippen molar-refractivity contribution in [3.05, 3.63) is 35.7 Å². The largest absolute Gasteiger partial charge is 0.471 e. The molecule has 8 nitrogen and oxygen atoms in total. The number of ether oxygens (including phenoxy) is 1. The predicted octanol–water partition coefficient (Wildman–Crippen LogP) is 5.62. The molecule has 1 amide bonds. The molecule has 3 aromatic rings. The number of hydrogen-bond acceptors (Lipinski definition) is 6. The standard InChI is InChI=1S/C23H22F8N6O2/c1-37-18-15(34-21(37)35-16-9-32-7-6-14(16)23(29,30)31)8-13(20(36-18)39-10-17(24)25)19(38)33-12-4-2-11(3-5-12)22(26,27)28/h6-9,11-12,17H,2-5,10H2,1H3,(H,33,38)(H,34,35)/t11-,12-. The van der Waals surface area contributed by atoms with Crippen LogP contribution in [0.3, 0.4) is 0 Å². The van der Waals surface area contributed by atoms with Crippen molar-refractivity contribution in [3.63, 3.8) is 0 Å². The number of alkyl halides is 8. The topological polar surface area (TPSA) is 94.0 Å². The second kappa shape index (κ2) is 10.8. The third kappa shape index (κ3) is 6.47. The Balaban J connectivity index is 1.63. The molecule has 0 atom stereocenters. The lowest BCUT2D eigenvalue weighted by Gasteiger charge is -2.30. The summed E-state index contributed by atoms with van der Waals surface area (Å²) in [6.07, 6.45) is -10.3. The van der Waals surface area contributed by atoms with Gasteiger partial charge in [-0.25, -0.2) is 13.8 Å². The van der Waals surface area contributed by atoms with Crippen LogP contribution in [0.15, 0.2) is 24.5 Å². The van der Waals surface area contributed by atoms with E-state index < -0.39 is 60.4 Å². The Kier molecular flexibility index (Phi) is 7.84. The fourth-order valence-corrected chi connectivity index (χ4v) is 4.31. The molecule has 39 heavy (non-hydrogen) atoms. The number of nitrogens with zero attached hydrogens (tertiary/aromatic N) is 4. The van der Waals surface area contributed by atoms with Gasteiger partial charge in [-0.1, -0.05) is 0 Å². The van der Waals surface area contributed by atoms with Gasteiger partial charge >= 0.3 is 12.4 Å². The summed E-state index contributed by atoms with van der Waals surface area (Å²) in [5.74, 6) is -2.91. The summed E-state index contributed by atoms with van der Waals surface area (Å²) in [4.78, 5) is 25.0. The summed E-state index contributed by atoms with van der Waals surface area (Å²) in [6, 6.07) is 1.34. The first kappa shape index (κ1) is 28.3. The molecule has 0 radical (unpaired) electrons. The van der Waals surface area contributed by atoms with E-state index in [1.165, 1.54) is 17.7 Å². The van der Waals surface area contributed by atoms with Gasteiger partial charge in [0.1, 0.15) is 11.1 Å². The van der Waals surface area contributed by atoms with Crippen LogP contribution >= 0.6 is 0 Å². The molecule has 1 aliphatic rings. The maximum atomic E-state index is 13.4. The maximum Gasteiger partial charge on any atom is 0.418 e. The molecule has 1 aliphatic carbocycles. The van der Waals surface area contributed by atoms with Crippen molar-refractivity contribution >= 4 is 28.7 Å². The van der Waals surface area contributed by atoms with Crippen molar-refractivity contribution in [2.45, 2.75) is 50.5 Å². The normalized spacial score (nSPS) is 18.4. The highest BCUT2D eigenvalue weighted by molar-refractivity contribution is 5.99. The summed E-state index contributed by atoms with van der Waals surface area (Å²) in [7, 11) is 1.39. The van der Waals surface area contributed by atoms with E-state index in [-0.39, 0.29) is 48.4 Å². The van der Waals surface area contributed by atoms with Crippen molar-refractivity contribution in [2.75, 3.05) is 11.9 Å². The number of hydrogen-bond donors (Lipinski definition) is 2. The van der Waals surface area contributed by atoms with E-state index in [1.807, 2.05) is 0 Å². The molecule has 0 unspecified atom stereocenters. The first-order chi connectivity index (χ1) is 18.2. The van der Waals surface area contributed by atoms with Crippen LogP contribution in [-0.4, -0.2) is 50.7 Å². The van der Waals surface area contributed by atoms with E-state index in [0.29, 0.717) is 0 Å². The number of rotatable bonds is 7. The summed E-state index contributed by atoms with van der Waals surface area (Å²) < 4.78 is 111. The molecule has 0 aliphatic heterocycles. The van der Waals surface area contributed by atoms with E-state index in [0.717, 1.165) is 18.5 Å². The molecule has 3 heterocycles. The number of anilines is 2. The number of pyridine rings is 2. The number of nitrogens with one attached hydrogen (secondary N) is 2. The summed E-state index contributed by atoms with van der Waals surface area (Å²) >= 11 is 0. The van der Waals surface area contributed by atoms with Crippen LogP contribution in [0.5, 0.6) is 5.88 Å². The average molecular weight is 566 g/mol. The molecule has 212 valence electrons. The van der Waals surface area contributed by atoms with Crippen molar-refractivity contribution in [3.8, 4) is 5.88 Å². The fraction of sp³-hybridized carbons (Fsp3) is 0.478. The lowest BCUT2D eigenvalue weighted by Crippen LogP contribution is -2.40. The van der Waals surface area contributed by atoms with Crippen LogP contribution in [0, 0.1) is 5.92 Å². The van der Waals surface area contributed by atoms with Gasteiger partial charge in [0, 0.05) is 19.3 Å². The van der Waals surface area contributed by atoms with Crippen LogP contribution < -0.4 is 15.4 Å². The Morgan fingerprint density at radius 2 is 1.82 bits per heavy atom. The monoisotopic (exact) mass is 566 g/mol. The molecule has 16 heteroatoms. The minimum absolute atomic E-state index is 0.00134. The van der Waals surface area contributed by atoms with Gasteiger partial charge in [0.15, 0.2) is 12.3 Å². The molecular formula is C23H22F8N6O2. The molecule has 3 aromatic heterocycles. The number of imidazole rings is 1. The Bertz CT molecular complexity index is 1330.